The molecule has 0 saturated heterocycles. The predicted octanol–water partition coefficient (Wildman–Crippen LogP) is 2.60. The Bertz CT molecular complexity index is 627. The summed E-state index contributed by atoms with van der Waals surface area (Å²) in [6.07, 6.45) is 1.53. The van der Waals surface area contributed by atoms with E-state index < -0.39 is 5.72 Å². The molecule has 1 atom stereocenters. The number of hydrogen-bond acceptors (Lipinski definition) is 5. The molecule has 1 aromatic carbocycles. The molecule has 1 N–H and O–H groups in total. The van der Waals surface area contributed by atoms with Gasteiger partial charge in [0.1, 0.15) is 5.75 Å². The summed E-state index contributed by atoms with van der Waals surface area (Å²) in [6.45, 7) is 6.94. The number of nitrogens with zero attached hydrogens (tertiary/aromatic N) is 1. The van der Waals surface area contributed by atoms with Gasteiger partial charge in [0.05, 0.1) is 5.69 Å². The van der Waals surface area contributed by atoms with Crippen molar-refractivity contribution in [3.63, 3.8) is 0 Å². The quantitative estimate of drug-likeness (QED) is 0.640. The lowest BCUT2D eigenvalue weighted by Gasteiger charge is -2.32. The van der Waals surface area contributed by atoms with E-state index >= 15 is 0 Å². The topological polar surface area (TPSA) is 67.9 Å². The second kappa shape index (κ2) is 7.21. The highest BCUT2D eigenvalue weighted by atomic mass is 16.6. The summed E-state index contributed by atoms with van der Waals surface area (Å²) in [5.74, 6) is 0.519. The largest absolute Gasteiger partial charge is 0.475 e. The summed E-state index contributed by atoms with van der Waals surface area (Å²) in [6, 6.07) is 5.72. The highest BCUT2D eigenvalue weighted by Crippen LogP contribution is 2.34. The predicted molar refractivity (Wildman–Crippen MR) is 91.9 cm³/mol. The lowest BCUT2D eigenvalue weighted by Crippen LogP contribution is -2.50. The first-order valence-corrected chi connectivity index (χ1v) is 8.26. The maximum Gasteiger partial charge on any atom is 0.304 e. The molecule has 1 aromatic rings. The SMILES string of the molecule is CCC(NC(C)(C)OC(C)=O)Oc1cccc2c1CCC(=O)N2C. The molecule has 0 bridgehead atoms. The van der Waals surface area contributed by atoms with Crippen LogP contribution in [-0.4, -0.2) is 30.9 Å². The molecule has 0 aromatic heterocycles. The molecule has 1 aliphatic heterocycles. The van der Waals surface area contributed by atoms with Crippen LogP contribution >= 0.6 is 0 Å². The zero-order valence-corrected chi connectivity index (χ0v) is 15.0. The first kappa shape index (κ1) is 18.3. The van der Waals surface area contributed by atoms with E-state index in [1.807, 2.05) is 25.1 Å². The van der Waals surface area contributed by atoms with Crippen molar-refractivity contribution in [3.8, 4) is 5.75 Å². The van der Waals surface area contributed by atoms with E-state index in [0.29, 0.717) is 19.3 Å². The molecule has 132 valence electrons. The monoisotopic (exact) mass is 334 g/mol. The van der Waals surface area contributed by atoms with E-state index in [4.69, 9.17) is 9.47 Å². The summed E-state index contributed by atoms with van der Waals surface area (Å²) in [7, 11) is 1.78. The lowest BCUT2D eigenvalue weighted by atomic mass is 10.0. The fourth-order valence-electron chi connectivity index (χ4n) is 2.91. The standard InChI is InChI=1S/C18H26N2O4/c1-6-16(19-18(3,4)24-12(2)21)23-15-9-7-8-14-13(15)10-11-17(22)20(14)5/h7-9,16,19H,6,10-11H2,1-5H3. The van der Waals surface area contributed by atoms with Crippen molar-refractivity contribution in [2.45, 2.75) is 58.9 Å². The van der Waals surface area contributed by atoms with Crippen molar-refractivity contribution in [1.29, 1.82) is 0 Å². The van der Waals surface area contributed by atoms with Crippen LogP contribution in [0, 0.1) is 0 Å². The number of amides is 1. The molecule has 1 amide bonds. The maximum atomic E-state index is 11.9. The number of benzene rings is 1. The number of carbonyl (C=O) groups is 2. The van der Waals surface area contributed by atoms with Gasteiger partial charge in [-0.25, -0.2) is 5.32 Å². The number of carbonyl (C=O) groups excluding carboxylic acids is 2. The molecule has 1 unspecified atom stereocenters. The third-order valence-corrected chi connectivity index (χ3v) is 3.98. The Balaban J connectivity index is 2.17. The number of hydrogen-bond donors (Lipinski definition) is 1. The van der Waals surface area contributed by atoms with Gasteiger partial charge in [0, 0.05) is 26.0 Å². The maximum absolute atomic E-state index is 11.9. The molecule has 1 aliphatic rings. The van der Waals surface area contributed by atoms with Gasteiger partial charge in [-0.2, -0.15) is 0 Å². The van der Waals surface area contributed by atoms with Crippen LogP contribution in [0.3, 0.4) is 0 Å². The van der Waals surface area contributed by atoms with Crippen molar-refractivity contribution >= 4 is 17.6 Å². The molecule has 24 heavy (non-hydrogen) atoms. The van der Waals surface area contributed by atoms with Crippen molar-refractivity contribution in [2.75, 3.05) is 11.9 Å². The van der Waals surface area contributed by atoms with E-state index in [1.165, 1.54) is 6.92 Å². The van der Waals surface area contributed by atoms with E-state index in [-0.39, 0.29) is 18.1 Å². The summed E-state index contributed by atoms with van der Waals surface area (Å²) in [5.41, 5.74) is 1.09. The summed E-state index contributed by atoms with van der Waals surface area (Å²) in [4.78, 5) is 24.7. The first-order chi connectivity index (χ1) is 11.2. The van der Waals surface area contributed by atoms with Crippen LogP contribution in [0.25, 0.3) is 0 Å². The average molecular weight is 334 g/mol. The van der Waals surface area contributed by atoms with Crippen LogP contribution in [0.1, 0.15) is 46.1 Å². The number of nitrogens with one attached hydrogen (secondary N) is 1. The second-order valence-corrected chi connectivity index (χ2v) is 6.47. The third kappa shape index (κ3) is 4.26. The van der Waals surface area contributed by atoms with E-state index in [2.05, 4.69) is 5.32 Å². The average Bonchev–Trinajstić information content (AvgIpc) is 2.49. The normalized spacial score (nSPS) is 15.7. The molecule has 0 fully saturated rings. The first-order valence-electron chi connectivity index (χ1n) is 8.26. The number of fused-ring (bicyclic) bond motifs is 1. The Hall–Kier alpha value is -2.08. The van der Waals surface area contributed by atoms with Crippen molar-refractivity contribution < 1.29 is 19.1 Å². The van der Waals surface area contributed by atoms with Crippen LogP contribution in [-0.2, 0) is 20.7 Å². The lowest BCUT2D eigenvalue weighted by molar-refractivity contribution is -0.159. The molecule has 2 rings (SSSR count). The summed E-state index contributed by atoms with van der Waals surface area (Å²) in [5, 5.41) is 3.20. The van der Waals surface area contributed by atoms with Crippen molar-refractivity contribution in [1.82, 2.24) is 5.32 Å². The minimum Gasteiger partial charge on any atom is -0.475 e. The Morgan fingerprint density at radius 1 is 1.38 bits per heavy atom. The second-order valence-electron chi connectivity index (χ2n) is 6.47. The molecular weight excluding hydrogens is 308 g/mol. The highest BCUT2D eigenvalue weighted by molar-refractivity contribution is 5.96. The van der Waals surface area contributed by atoms with Gasteiger partial charge in [-0.1, -0.05) is 13.0 Å². The number of ether oxygens (including phenoxy) is 2. The van der Waals surface area contributed by atoms with Crippen LogP contribution in [0.2, 0.25) is 0 Å². The van der Waals surface area contributed by atoms with Crippen molar-refractivity contribution in [2.24, 2.45) is 0 Å². The van der Waals surface area contributed by atoms with Gasteiger partial charge in [0.25, 0.3) is 0 Å². The Kier molecular flexibility index (Phi) is 5.49. The molecular formula is C18H26N2O4. The molecule has 0 saturated carbocycles. The van der Waals surface area contributed by atoms with Gasteiger partial charge in [0.2, 0.25) is 5.91 Å². The van der Waals surface area contributed by atoms with Gasteiger partial charge in [0.15, 0.2) is 12.0 Å². The van der Waals surface area contributed by atoms with Crippen LogP contribution < -0.4 is 15.0 Å². The molecule has 0 aliphatic carbocycles. The minimum absolute atomic E-state index is 0.112. The zero-order valence-electron chi connectivity index (χ0n) is 15.0. The van der Waals surface area contributed by atoms with Crippen LogP contribution in [0.15, 0.2) is 18.2 Å². The van der Waals surface area contributed by atoms with Gasteiger partial charge in [-0.15, -0.1) is 0 Å². The Labute approximate surface area is 143 Å². The fourth-order valence-corrected chi connectivity index (χ4v) is 2.91. The highest BCUT2D eigenvalue weighted by Gasteiger charge is 2.28. The summed E-state index contributed by atoms with van der Waals surface area (Å²) < 4.78 is 11.4. The third-order valence-electron chi connectivity index (χ3n) is 3.98. The minimum atomic E-state index is -0.825. The zero-order chi connectivity index (χ0) is 17.9. The number of anilines is 1. The van der Waals surface area contributed by atoms with Gasteiger partial charge >= 0.3 is 5.97 Å². The summed E-state index contributed by atoms with van der Waals surface area (Å²) >= 11 is 0. The van der Waals surface area contributed by atoms with Gasteiger partial charge in [-0.3, -0.25) is 9.59 Å². The molecule has 1 heterocycles. The van der Waals surface area contributed by atoms with Crippen LogP contribution in [0.4, 0.5) is 5.69 Å². The molecule has 6 heteroatoms. The van der Waals surface area contributed by atoms with Crippen molar-refractivity contribution in [3.05, 3.63) is 23.8 Å². The molecule has 6 nitrogen and oxygen atoms in total. The van der Waals surface area contributed by atoms with E-state index in [0.717, 1.165) is 17.0 Å². The van der Waals surface area contributed by atoms with Gasteiger partial charge < -0.3 is 14.4 Å². The smallest absolute Gasteiger partial charge is 0.304 e. The Morgan fingerprint density at radius 3 is 2.71 bits per heavy atom. The van der Waals surface area contributed by atoms with Gasteiger partial charge in [-0.05, 0) is 38.8 Å². The number of rotatable bonds is 6. The fraction of sp³-hybridized carbons (Fsp3) is 0.556. The van der Waals surface area contributed by atoms with E-state index in [9.17, 15) is 9.59 Å². The number of esters is 1. The molecule has 0 spiro atoms. The Morgan fingerprint density at radius 2 is 2.08 bits per heavy atom. The van der Waals surface area contributed by atoms with Crippen LogP contribution in [0.5, 0.6) is 5.75 Å². The molecule has 0 radical (unpaired) electrons. The van der Waals surface area contributed by atoms with E-state index in [1.54, 1.807) is 25.8 Å².